The van der Waals surface area contributed by atoms with Crippen LogP contribution in [0, 0.1) is 0 Å². The van der Waals surface area contributed by atoms with Crippen LogP contribution in [0.2, 0.25) is 0 Å². The molecule has 2 spiro atoms. The summed E-state index contributed by atoms with van der Waals surface area (Å²) in [4.78, 5) is 16.2. The van der Waals surface area contributed by atoms with E-state index in [2.05, 4.69) is 82.3 Å². The topological polar surface area (TPSA) is 104 Å². The smallest absolute Gasteiger partial charge is 0.115 e. The predicted molar refractivity (Wildman–Crippen MR) is 198 cm³/mol. The van der Waals surface area contributed by atoms with Gasteiger partial charge in [0, 0.05) is 45.6 Å². The molecular formula is C44H48N4O2. The van der Waals surface area contributed by atoms with Gasteiger partial charge in [-0.25, -0.2) is 0 Å². The molecule has 3 aliphatic rings. The van der Waals surface area contributed by atoms with Gasteiger partial charge in [0.15, 0.2) is 0 Å². The number of aromatic nitrogens is 4. The number of fused-ring (bicyclic) bond motifs is 12. The van der Waals surface area contributed by atoms with E-state index >= 15 is 0 Å². The van der Waals surface area contributed by atoms with Gasteiger partial charge in [0.1, 0.15) is 11.5 Å². The minimum Gasteiger partial charge on any atom is -0.508 e. The highest BCUT2D eigenvalue weighted by molar-refractivity contribution is 5.53. The minimum atomic E-state index is -0.569. The molecule has 1 aliphatic heterocycles. The molecule has 6 nitrogen and oxygen atoms in total. The molecule has 9 rings (SSSR count). The lowest BCUT2D eigenvalue weighted by Gasteiger charge is -2.39. The Morgan fingerprint density at radius 1 is 0.360 bits per heavy atom. The van der Waals surface area contributed by atoms with Gasteiger partial charge in [0.25, 0.3) is 0 Å². The molecule has 2 fully saturated rings. The van der Waals surface area contributed by atoms with Gasteiger partial charge in [-0.15, -0.1) is 0 Å². The van der Waals surface area contributed by atoms with Gasteiger partial charge in [-0.1, -0.05) is 62.8 Å². The molecule has 0 radical (unpaired) electrons. The lowest BCUT2D eigenvalue weighted by molar-refractivity contribution is 0.320. The zero-order valence-corrected chi connectivity index (χ0v) is 29.2. The third-order valence-corrected chi connectivity index (χ3v) is 13.3. The van der Waals surface area contributed by atoms with E-state index in [1.54, 1.807) is 24.3 Å². The summed E-state index contributed by atoms with van der Waals surface area (Å²) in [5, 5.41) is 20.6. The second-order valence-electron chi connectivity index (χ2n) is 15.8. The van der Waals surface area contributed by atoms with E-state index < -0.39 is 10.8 Å². The second-order valence-corrected chi connectivity index (χ2v) is 15.8. The van der Waals surface area contributed by atoms with Crippen LogP contribution in [0.15, 0.2) is 97.1 Å². The van der Waals surface area contributed by atoms with E-state index in [4.69, 9.17) is 0 Å². The van der Waals surface area contributed by atoms with E-state index in [1.165, 1.54) is 61.3 Å². The number of hydrogen-bond acceptors (Lipinski definition) is 2. The van der Waals surface area contributed by atoms with Crippen molar-refractivity contribution in [2.24, 2.45) is 0 Å². The van der Waals surface area contributed by atoms with Gasteiger partial charge >= 0.3 is 0 Å². The molecule has 0 amide bonds. The van der Waals surface area contributed by atoms with Crippen molar-refractivity contribution in [3.05, 3.63) is 154 Å². The molecule has 50 heavy (non-hydrogen) atoms. The van der Waals surface area contributed by atoms with Crippen molar-refractivity contribution in [3.8, 4) is 11.5 Å². The average molecular weight is 665 g/mol. The fourth-order valence-corrected chi connectivity index (χ4v) is 10.0. The molecule has 6 heteroatoms. The van der Waals surface area contributed by atoms with Crippen molar-refractivity contribution < 1.29 is 10.2 Å². The van der Waals surface area contributed by atoms with Crippen LogP contribution in [0.4, 0.5) is 0 Å². The Morgan fingerprint density at radius 3 is 0.940 bits per heavy atom. The van der Waals surface area contributed by atoms with Gasteiger partial charge in [-0.2, -0.15) is 0 Å². The fraction of sp³-hybridized carbons (Fsp3) is 0.364. The third-order valence-electron chi connectivity index (χ3n) is 13.3. The maximum Gasteiger partial charge on any atom is 0.115 e. The summed E-state index contributed by atoms with van der Waals surface area (Å²) in [6.45, 7) is 4.57. The highest BCUT2D eigenvalue weighted by Crippen LogP contribution is 2.51. The van der Waals surface area contributed by atoms with Crippen LogP contribution >= 0.6 is 0 Å². The number of rotatable bonds is 2. The fourth-order valence-electron chi connectivity index (χ4n) is 10.0. The Morgan fingerprint density at radius 2 is 0.620 bits per heavy atom. The van der Waals surface area contributed by atoms with Crippen LogP contribution < -0.4 is 0 Å². The molecule has 256 valence electrons. The van der Waals surface area contributed by atoms with Crippen LogP contribution in [0.1, 0.15) is 135 Å². The summed E-state index contributed by atoms with van der Waals surface area (Å²) in [6, 6.07) is 33.9. The Labute approximate surface area is 294 Å². The maximum absolute atomic E-state index is 10.3. The van der Waals surface area contributed by atoms with Crippen molar-refractivity contribution in [2.45, 2.75) is 99.7 Å². The zero-order chi connectivity index (χ0) is 34.1. The van der Waals surface area contributed by atoms with Crippen molar-refractivity contribution in [1.82, 2.24) is 19.9 Å². The van der Waals surface area contributed by atoms with E-state index in [1.807, 2.05) is 24.3 Å². The second kappa shape index (κ2) is 11.3. The molecule has 0 saturated heterocycles. The quantitative estimate of drug-likeness (QED) is 0.111. The van der Waals surface area contributed by atoms with Gasteiger partial charge in [-0.05, 0) is 123 Å². The van der Waals surface area contributed by atoms with Crippen LogP contribution in [-0.4, -0.2) is 30.1 Å². The Bertz CT molecular complexity index is 1980. The number of hydrogen-bond donors (Lipinski definition) is 6. The summed E-state index contributed by atoms with van der Waals surface area (Å²) < 4.78 is 0. The van der Waals surface area contributed by atoms with Gasteiger partial charge in [0.05, 0.1) is 21.7 Å². The summed E-state index contributed by atoms with van der Waals surface area (Å²) in [7, 11) is 0. The van der Waals surface area contributed by atoms with Gasteiger partial charge < -0.3 is 30.1 Å². The Balaban J connectivity index is 1.33. The van der Waals surface area contributed by atoms with E-state index in [0.717, 1.165) is 59.6 Å². The number of benzene rings is 2. The Hall–Kier alpha value is -4.84. The number of aromatic hydroxyl groups is 2. The predicted octanol–water partition coefficient (Wildman–Crippen LogP) is 9.93. The summed E-state index contributed by atoms with van der Waals surface area (Å²) >= 11 is 0. The van der Waals surface area contributed by atoms with E-state index in [9.17, 15) is 10.2 Å². The minimum absolute atomic E-state index is 0.114. The molecule has 2 unspecified atom stereocenters. The molecular weight excluding hydrogens is 617 g/mol. The van der Waals surface area contributed by atoms with Crippen molar-refractivity contribution in [3.63, 3.8) is 0 Å². The average Bonchev–Trinajstić information content (AvgIpc) is 3.99. The van der Waals surface area contributed by atoms with Gasteiger partial charge in [-0.3, -0.25) is 0 Å². The Kier molecular flexibility index (Phi) is 7.07. The molecule has 2 aromatic carbocycles. The molecule has 2 aliphatic carbocycles. The van der Waals surface area contributed by atoms with Crippen molar-refractivity contribution in [2.75, 3.05) is 0 Å². The standard InChI is InChI=1S/C44H48N4O2/c1-41(29-9-13-31(49)14-10-29)33-17-18-34(45-33)42(2,30-11-15-32(50)16-12-30)36-20-22-38(47-36)44(27-7-4-8-28-44)40-24-23-39(48-40)43(25-5-3-6-26-43)37-21-19-35(41)46-37/h9-24,45-50H,3-8,25-28H2,1-2H3. The summed E-state index contributed by atoms with van der Waals surface area (Å²) in [5.74, 6) is 0.513. The normalized spacial score (nSPS) is 24.0. The highest BCUT2D eigenvalue weighted by Gasteiger charge is 2.45. The number of phenols is 2. The first-order valence-corrected chi connectivity index (χ1v) is 18.6. The van der Waals surface area contributed by atoms with E-state index in [0.29, 0.717) is 0 Å². The summed E-state index contributed by atoms with van der Waals surface area (Å²) in [5.41, 5.74) is 10.4. The number of phenolic OH excluding ortho intramolecular Hbond substituents is 2. The largest absolute Gasteiger partial charge is 0.508 e. The molecule has 5 heterocycles. The van der Waals surface area contributed by atoms with Crippen molar-refractivity contribution in [1.29, 1.82) is 0 Å². The first kappa shape index (κ1) is 31.2. The highest BCUT2D eigenvalue weighted by atomic mass is 16.3. The first-order valence-electron chi connectivity index (χ1n) is 18.6. The van der Waals surface area contributed by atoms with Crippen molar-refractivity contribution >= 4 is 0 Å². The first-order chi connectivity index (χ1) is 24.3. The third kappa shape index (κ3) is 4.46. The lowest BCUT2D eigenvalue weighted by atomic mass is 9.69. The monoisotopic (exact) mass is 664 g/mol. The number of nitrogens with one attached hydrogen (secondary N) is 4. The van der Waals surface area contributed by atoms with Crippen LogP contribution in [0.5, 0.6) is 11.5 Å². The zero-order valence-electron chi connectivity index (χ0n) is 29.2. The lowest BCUT2D eigenvalue weighted by Crippen LogP contribution is -2.34. The van der Waals surface area contributed by atoms with Crippen LogP contribution in [-0.2, 0) is 21.7 Å². The molecule has 6 N–H and O–H groups in total. The molecule has 6 aromatic rings. The van der Waals surface area contributed by atoms with Crippen LogP contribution in [0.3, 0.4) is 0 Å². The SMILES string of the molecule is CC1(c2ccc(O)cc2)c2ccc([nH]2)C2(CCCCC2)c2ccc([nH]2)C2(CCCCC2)c2ccc([nH]2)C(C)(c2ccc(O)cc2)c2ccc1[nH]2. The number of aromatic amines is 4. The van der Waals surface area contributed by atoms with Gasteiger partial charge in [0.2, 0.25) is 0 Å². The van der Waals surface area contributed by atoms with Crippen LogP contribution in [0.25, 0.3) is 0 Å². The summed E-state index contributed by atoms with van der Waals surface area (Å²) in [6.07, 6.45) is 11.8. The maximum atomic E-state index is 10.3. The number of H-pyrrole nitrogens is 4. The molecule has 4 aromatic heterocycles. The van der Waals surface area contributed by atoms with E-state index in [-0.39, 0.29) is 22.3 Å². The molecule has 8 bridgehead atoms. The molecule has 2 saturated carbocycles. The molecule has 2 atom stereocenters.